The van der Waals surface area contributed by atoms with E-state index in [2.05, 4.69) is 30.9 Å². The van der Waals surface area contributed by atoms with Crippen LogP contribution >= 0.6 is 11.6 Å². The Morgan fingerprint density at radius 2 is 1.65 bits per heavy atom. The number of nitrogens with two attached hydrogens (primary N) is 1. The Morgan fingerprint density at radius 3 is 2.15 bits per heavy atom. The van der Waals surface area contributed by atoms with Crippen molar-refractivity contribution in [3.63, 3.8) is 0 Å². The van der Waals surface area contributed by atoms with Crippen LogP contribution in [0.3, 0.4) is 0 Å². The molecule has 2 N–H and O–H groups in total. The van der Waals surface area contributed by atoms with E-state index in [1.54, 1.807) is 0 Å². The minimum Gasteiger partial charge on any atom is -0.320 e. The lowest BCUT2D eigenvalue weighted by atomic mass is 9.80. The van der Waals surface area contributed by atoms with E-state index in [1.165, 1.54) is 44.3 Å². The van der Waals surface area contributed by atoms with Gasteiger partial charge in [0.2, 0.25) is 0 Å². The molecule has 0 amide bonds. The number of rotatable bonds is 4. The molecule has 0 aromatic heterocycles. The smallest absolute Gasteiger partial charge is 0.0561 e. The van der Waals surface area contributed by atoms with Crippen LogP contribution in [0.5, 0.6) is 0 Å². The Balaban J connectivity index is 2.17. The van der Waals surface area contributed by atoms with Gasteiger partial charge in [0.1, 0.15) is 0 Å². The molecular weight excluding hydrogens is 268 g/mol. The number of benzene rings is 1. The summed E-state index contributed by atoms with van der Waals surface area (Å²) in [6.07, 6.45) is 5.32. The molecule has 3 heteroatoms. The third-order valence-corrected chi connectivity index (χ3v) is 4.85. The molecule has 1 heterocycles. The van der Waals surface area contributed by atoms with Crippen molar-refractivity contribution in [3.8, 4) is 0 Å². The van der Waals surface area contributed by atoms with Crippen molar-refractivity contribution in [3.05, 3.63) is 34.9 Å². The summed E-state index contributed by atoms with van der Waals surface area (Å²) in [4.78, 5) is 2.54. The van der Waals surface area contributed by atoms with Gasteiger partial charge in [0.15, 0.2) is 0 Å². The fourth-order valence-corrected chi connectivity index (χ4v) is 3.16. The molecule has 0 bridgehead atoms. The highest BCUT2D eigenvalue weighted by molar-refractivity contribution is 6.30. The third-order valence-electron chi connectivity index (χ3n) is 4.60. The Labute approximate surface area is 128 Å². The molecule has 1 fully saturated rings. The Hall–Kier alpha value is -0.570. The van der Waals surface area contributed by atoms with Gasteiger partial charge < -0.3 is 10.6 Å². The highest BCUT2D eigenvalue weighted by atomic mass is 35.5. The van der Waals surface area contributed by atoms with Gasteiger partial charge >= 0.3 is 0 Å². The van der Waals surface area contributed by atoms with Gasteiger partial charge in [-0.15, -0.1) is 0 Å². The second-order valence-electron chi connectivity index (χ2n) is 6.39. The quantitative estimate of drug-likeness (QED) is 0.908. The molecule has 0 spiro atoms. The van der Waals surface area contributed by atoms with Gasteiger partial charge in [0.25, 0.3) is 0 Å². The molecule has 1 saturated heterocycles. The van der Waals surface area contributed by atoms with Crippen molar-refractivity contribution in [1.82, 2.24) is 4.90 Å². The van der Waals surface area contributed by atoms with Crippen LogP contribution in [0, 0.1) is 5.92 Å². The van der Waals surface area contributed by atoms with E-state index in [9.17, 15) is 0 Å². The first-order chi connectivity index (χ1) is 9.52. The molecule has 1 aliphatic heterocycles. The number of halogens is 1. The largest absolute Gasteiger partial charge is 0.320 e. The van der Waals surface area contributed by atoms with Gasteiger partial charge in [-0.1, -0.05) is 50.4 Å². The van der Waals surface area contributed by atoms with Crippen molar-refractivity contribution in [2.24, 2.45) is 11.7 Å². The minimum atomic E-state index is -0.297. The number of hydrogen-bond donors (Lipinski definition) is 1. The molecule has 1 atom stereocenters. The minimum absolute atomic E-state index is 0.297. The van der Waals surface area contributed by atoms with E-state index in [4.69, 9.17) is 17.3 Å². The van der Waals surface area contributed by atoms with Gasteiger partial charge in [0.05, 0.1) is 5.54 Å². The molecule has 2 rings (SSSR count). The first-order valence-corrected chi connectivity index (χ1v) is 8.17. The fourth-order valence-electron chi connectivity index (χ4n) is 3.03. The highest BCUT2D eigenvalue weighted by Crippen LogP contribution is 2.29. The van der Waals surface area contributed by atoms with Crippen LogP contribution in [0.1, 0.15) is 45.1 Å². The van der Waals surface area contributed by atoms with E-state index < -0.39 is 0 Å². The Morgan fingerprint density at radius 1 is 1.10 bits per heavy atom. The molecule has 20 heavy (non-hydrogen) atoms. The van der Waals surface area contributed by atoms with Crippen LogP contribution in [-0.2, 0) is 5.54 Å². The number of hydrogen-bond acceptors (Lipinski definition) is 2. The van der Waals surface area contributed by atoms with Crippen molar-refractivity contribution >= 4 is 11.6 Å². The fraction of sp³-hybridized carbons (Fsp3) is 0.647. The monoisotopic (exact) mass is 294 g/mol. The normalized spacial score (nSPS) is 20.6. The maximum absolute atomic E-state index is 6.81. The van der Waals surface area contributed by atoms with Crippen molar-refractivity contribution in [1.29, 1.82) is 0 Å². The van der Waals surface area contributed by atoms with Crippen LogP contribution in [0.2, 0.25) is 5.02 Å². The molecule has 2 nitrogen and oxygen atoms in total. The lowest BCUT2D eigenvalue weighted by Crippen LogP contribution is -2.51. The van der Waals surface area contributed by atoms with Gasteiger partial charge in [0, 0.05) is 11.6 Å². The van der Waals surface area contributed by atoms with Crippen LogP contribution in [0.25, 0.3) is 0 Å². The summed E-state index contributed by atoms with van der Waals surface area (Å²) in [5.74, 6) is 0.395. The maximum Gasteiger partial charge on any atom is 0.0561 e. The summed E-state index contributed by atoms with van der Waals surface area (Å²) >= 11 is 6.00. The molecule has 0 aliphatic carbocycles. The Bertz CT molecular complexity index is 408. The first kappa shape index (κ1) is 15.8. The summed E-state index contributed by atoms with van der Waals surface area (Å²) in [5.41, 5.74) is 7.71. The maximum atomic E-state index is 6.81. The summed E-state index contributed by atoms with van der Waals surface area (Å²) < 4.78 is 0. The van der Waals surface area contributed by atoms with E-state index in [0.717, 1.165) is 11.6 Å². The van der Waals surface area contributed by atoms with Gasteiger partial charge in [-0.3, -0.25) is 0 Å². The number of nitrogens with zero attached hydrogens (tertiary/aromatic N) is 1. The van der Waals surface area contributed by atoms with Gasteiger partial charge in [-0.2, -0.15) is 0 Å². The second-order valence-corrected chi connectivity index (χ2v) is 6.83. The van der Waals surface area contributed by atoms with E-state index in [1.807, 2.05) is 12.1 Å². The molecule has 112 valence electrons. The van der Waals surface area contributed by atoms with Crippen molar-refractivity contribution < 1.29 is 0 Å². The zero-order valence-electron chi connectivity index (χ0n) is 12.7. The molecule has 1 aromatic rings. The van der Waals surface area contributed by atoms with Gasteiger partial charge in [-0.25, -0.2) is 0 Å². The number of likely N-dealkylation sites (tertiary alicyclic amines) is 1. The summed E-state index contributed by atoms with van der Waals surface area (Å²) in [7, 11) is 0. The van der Waals surface area contributed by atoms with Crippen LogP contribution in [-0.4, -0.2) is 24.5 Å². The predicted molar refractivity (Wildman–Crippen MR) is 87.1 cm³/mol. The molecule has 0 saturated carbocycles. The topological polar surface area (TPSA) is 29.3 Å². The average molecular weight is 295 g/mol. The van der Waals surface area contributed by atoms with Crippen molar-refractivity contribution in [2.75, 3.05) is 19.6 Å². The third kappa shape index (κ3) is 3.75. The first-order valence-electron chi connectivity index (χ1n) is 7.79. The van der Waals surface area contributed by atoms with E-state index >= 15 is 0 Å². The molecule has 1 aliphatic rings. The van der Waals surface area contributed by atoms with E-state index in [-0.39, 0.29) is 5.54 Å². The highest BCUT2D eigenvalue weighted by Gasteiger charge is 2.33. The van der Waals surface area contributed by atoms with Crippen molar-refractivity contribution in [2.45, 2.75) is 45.1 Å². The van der Waals surface area contributed by atoms with Crippen LogP contribution in [0.4, 0.5) is 0 Å². The lowest BCUT2D eigenvalue weighted by molar-refractivity contribution is 0.176. The summed E-state index contributed by atoms with van der Waals surface area (Å²) in [6, 6.07) is 8.06. The Kier molecular flexibility index (Phi) is 5.48. The van der Waals surface area contributed by atoms with Gasteiger partial charge in [-0.05, 0) is 49.5 Å². The molecule has 1 unspecified atom stereocenters. The molecule has 1 aromatic carbocycles. The molecular formula is C17H27ClN2. The van der Waals surface area contributed by atoms with E-state index in [0.29, 0.717) is 5.92 Å². The van der Waals surface area contributed by atoms with Crippen LogP contribution < -0.4 is 5.73 Å². The SMILES string of the molecule is CC(C)C(N)(CN1CCCCCC1)c1ccc(Cl)cc1. The standard InChI is InChI=1S/C17H27ClN2/c1-14(2)17(19,15-7-9-16(18)10-8-15)13-20-11-5-3-4-6-12-20/h7-10,14H,3-6,11-13,19H2,1-2H3. The second kappa shape index (κ2) is 6.93. The zero-order chi connectivity index (χ0) is 14.6. The summed E-state index contributed by atoms with van der Waals surface area (Å²) in [6.45, 7) is 7.73. The van der Waals surface area contributed by atoms with Crippen LogP contribution in [0.15, 0.2) is 24.3 Å². The molecule has 0 radical (unpaired) electrons. The zero-order valence-corrected chi connectivity index (χ0v) is 13.5. The summed E-state index contributed by atoms with van der Waals surface area (Å²) in [5, 5.41) is 0.773. The average Bonchev–Trinajstić information content (AvgIpc) is 2.67. The lowest BCUT2D eigenvalue weighted by Gasteiger charge is -2.39. The predicted octanol–water partition coefficient (Wildman–Crippen LogP) is 4.03.